The molecule has 0 aliphatic rings. The average Bonchev–Trinajstić information content (AvgIpc) is 3.13. The van der Waals surface area contributed by atoms with Gasteiger partial charge in [-0.3, -0.25) is 4.79 Å². The Morgan fingerprint density at radius 3 is 2.50 bits per heavy atom. The van der Waals surface area contributed by atoms with Gasteiger partial charge in [-0.25, -0.2) is 10.1 Å². The van der Waals surface area contributed by atoms with Gasteiger partial charge in [0.05, 0.1) is 23.7 Å². The second kappa shape index (κ2) is 7.97. The minimum absolute atomic E-state index is 0.311. The number of anilines is 1. The van der Waals surface area contributed by atoms with Gasteiger partial charge in [-0.15, -0.1) is 0 Å². The molecular weight excluding hydrogens is 394 g/mol. The van der Waals surface area contributed by atoms with Crippen LogP contribution >= 0.6 is 15.9 Å². The van der Waals surface area contributed by atoms with Gasteiger partial charge < -0.3 is 4.90 Å². The second-order valence-electron chi connectivity index (χ2n) is 5.84. The molecule has 0 saturated heterocycles. The smallest absolute Gasteiger partial charge is 0.274 e. The number of rotatable bonds is 5. The number of amides is 1. The Hall–Kier alpha value is -2.93. The zero-order valence-electron chi connectivity index (χ0n) is 14.4. The van der Waals surface area contributed by atoms with Crippen molar-refractivity contribution < 1.29 is 4.79 Å². The van der Waals surface area contributed by atoms with Crippen molar-refractivity contribution in [3.63, 3.8) is 0 Å². The molecule has 0 spiro atoms. The summed E-state index contributed by atoms with van der Waals surface area (Å²) in [5, 5.41) is 8.22. The number of halogens is 1. The van der Waals surface area contributed by atoms with Crippen molar-refractivity contribution in [2.24, 2.45) is 5.10 Å². The van der Waals surface area contributed by atoms with Gasteiger partial charge in [0.15, 0.2) is 0 Å². The van der Waals surface area contributed by atoms with Crippen molar-refractivity contribution in [1.82, 2.24) is 15.2 Å². The quantitative estimate of drug-likeness (QED) is 0.516. The Labute approximate surface area is 160 Å². The van der Waals surface area contributed by atoms with E-state index < -0.39 is 0 Å². The number of nitrogens with zero attached hydrogens (tertiary/aromatic N) is 4. The number of carbonyl (C=O) groups is 1. The third-order valence-electron chi connectivity index (χ3n) is 3.73. The van der Waals surface area contributed by atoms with E-state index in [4.69, 9.17) is 0 Å². The van der Waals surface area contributed by atoms with Gasteiger partial charge in [0.1, 0.15) is 0 Å². The predicted octanol–water partition coefficient (Wildman–Crippen LogP) is 3.46. The molecule has 1 heterocycles. The van der Waals surface area contributed by atoms with Gasteiger partial charge in [0.2, 0.25) is 0 Å². The van der Waals surface area contributed by atoms with E-state index in [2.05, 4.69) is 31.6 Å². The number of nitrogens with one attached hydrogen (secondary N) is 1. The molecule has 6 nitrogen and oxygen atoms in total. The summed E-state index contributed by atoms with van der Waals surface area (Å²) in [6.07, 6.45) is 4.79. The van der Waals surface area contributed by atoms with Gasteiger partial charge in [-0.05, 0) is 42.0 Å². The van der Waals surface area contributed by atoms with Crippen LogP contribution in [-0.4, -0.2) is 36.0 Å². The lowest BCUT2D eigenvalue weighted by Gasteiger charge is -2.11. The van der Waals surface area contributed by atoms with Crippen molar-refractivity contribution in [2.75, 3.05) is 19.0 Å². The Balaban J connectivity index is 1.62. The molecule has 0 aliphatic heterocycles. The number of benzene rings is 2. The molecule has 1 N–H and O–H groups in total. The maximum Gasteiger partial charge on any atom is 0.274 e. The zero-order chi connectivity index (χ0) is 18.5. The first-order chi connectivity index (χ1) is 12.5. The molecule has 3 aromatic rings. The van der Waals surface area contributed by atoms with Crippen LogP contribution in [0.1, 0.15) is 15.9 Å². The first-order valence-corrected chi connectivity index (χ1v) is 8.73. The molecule has 0 aliphatic carbocycles. The number of carbonyl (C=O) groups excluding carboxylic acids is 1. The molecule has 7 heteroatoms. The minimum atomic E-state index is -0.311. The molecule has 3 rings (SSSR count). The SMILES string of the molecule is CN(C)c1ccc(/C=N\NC(=O)c2cnn(-c3ccc(Br)cc3)c2)cc1. The Morgan fingerprint density at radius 1 is 1.15 bits per heavy atom. The Kier molecular flexibility index (Phi) is 5.48. The van der Waals surface area contributed by atoms with E-state index in [1.165, 1.54) is 6.20 Å². The summed E-state index contributed by atoms with van der Waals surface area (Å²) in [4.78, 5) is 14.2. The van der Waals surface area contributed by atoms with Crippen molar-refractivity contribution in [1.29, 1.82) is 0 Å². The summed E-state index contributed by atoms with van der Waals surface area (Å²) >= 11 is 3.39. The van der Waals surface area contributed by atoms with Gasteiger partial charge in [0.25, 0.3) is 5.91 Å². The molecule has 0 fully saturated rings. The minimum Gasteiger partial charge on any atom is -0.378 e. The van der Waals surface area contributed by atoms with Crippen LogP contribution in [-0.2, 0) is 0 Å². The standard InChI is InChI=1S/C19H18BrN5O/c1-24(2)17-7-3-14(4-8-17)11-21-23-19(26)15-12-22-25(13-15)18-9-5-16(20)6-10-18/h3-13H,1-2H3,(H,23,26)/b21-11-. The molecular formula is C19H18BrN5O. The lowest BCUT2D eigenvalue weighted by molar-refractivity contribution is 0.0955. The molecule has 132 valence electrons. The fraction of sp³-hybridized carbons (Fsp3) is 0.105. The highest BCUT2D eigenvalue weighted by Gasteiger charge is 2.08. The Morgan fingerprint density at radius 2 is 1.85 bits per heavy atom. The summed E-state index contributed by atoms with van der Waals surface area (Å²) in [7, 11) is 3.97. The van der Waals surface area contributed by atoms with Crippen LogP contribution < -0.4 is 10.3 Å². The third kappa shape index (κ3) is 4.37. The molecule has 1 amide bonds. The second-order valence-corrected chi connectivity index (χ2v) is 6.75. The molecule has 26 heavy (non-hydrogen) atoms. The van der Waals surface area contributed by atoms with E-state index in [0.717, 1.165) is 21.4 Å². The lowest BCUT2D eigenvalue weighted by Crippen LogP contribution is -2.17. The van der Waals surface area contributed by atoms with Crippen LogP contribution in [0.2, 0.25) is 0 Å². The van der Waals surface area contributed by atoms with Gasteiger partial charge >= 0.3 is 0 Å². The van der Waals surface area contributed by atoms with E-state index in [0.29, 0.717) is 5.56 Å². The topological polar surface area (TPSA) is 62.5 Å². The van der Waals surface area contributed by atoms with E-state index in [1.807, 2.05) is 67.5 Å². The van der Waals surface area contributed by atoms with Crippen molar-refractivity contribution in [3.05, 3.63) is 76.5 Å². The van der Waals surface area contributed by atoms with Crippen LogP contribution in [0.5, 0.6) is 0 Å². The molecule has 0 atom stereocenters. The van der Waals surface area contributed by atoms with Gasteiger partial charge in [-0.1, -0.05) is 28.1 Å². The fourth-order valence-electron chi connectivity index (χ4n) is 2.26. The van der Waals surface area contributed by atoms with E-state index in [9.17, 15) is 4.79 Å². The van der Waals surface area contributed by atoms with Crippen LogP contribution in [0.3, 0.4) is 0 Å². The third-order valence-corrected chi connectivity index (χ3v) is 4.25. The van der Waals surface area contributed by atoms with Crippen LogP contribution in [0.4, 0.5) is 5.69 Å². The molecule has 2 aromatic carbocycles. The summed E-state index contributed by atoms with van der Waals surface area (Å²) in [6.45, 7) is 0. The highest BCUT2D eigenvalue weighted by molar-refractivity contribution is 9.10. The van der Waals surface area contributed by atoms with Crippen molar-refractivity contribution >= 4 is 33.7 Å². The van der Waals surface area contributed by atoms with Crippen LogP contribution in [0.25, 0.3) is 5.69 Å². The zero-order valence-corrected chi connectivity index (χ0v) is 16.0. The maximum absolute atomic E-state index is 12.2. The maximum atomic E-state index is 12.2. The first kappa shape index (κ1) is 17.9. The summed E-state index contributed by atoms with van der Waals surface area (Å²) in [5.41, 5.74) is 5.84. The summed E-state index contributed by atoms with van der Waals surface area (Å²) in [6, 6.07) is 15.5. The summed E-state index contributed by atoms with van der Waals surface area (Å²) in [5.74, 6) is -0.311. The van der Waals surface area contributed by atoms with Gasteiger partial charge in [0, 0.05) is 30.5 Å². The number of hydrogen-bond donors (Lipinski definition) is 1. The molecule has 0 saturated carbocycles. The Bertz CT molecular complexity index is 914. The highest BCUT2D eigenvalue weighted by atomic mass is 79.9. The van der Waals surface area contributed by atoms with Gasteiger partial charge in [-0.2, -0.15) is 10.2 Å². The fourth-order valence-corrected chi connectivity index (χ4v) is 2.53. The molecule has 0 radical (unpaired) electrons. The largest absolute Gasteiger partial charge is 0.378 e. The van der Waals surface area contributed by atoms with E-state index in [1.54, 1.807) is 17.1 Å². The lowest BCUT2D eigenvalue weighted by atomic mass is 10.2. The van der Waals surface area contributed by atoms with E-state index >= 15 is 0 Å². The molecule has 0 unspecified atom stereocenters. The highest BCUT2D eigenvalue weighted by Crippen LogP contribution is 2.14. The number of hydrogen-bond acceptors (Lipinski definition) is 4. The molecule has 0 bridgehead atoms. The monoisotopic (exact) mass is 411 g/mol. The van der Waals surface area contributed by atoms with Crippen molar-refractivity contribution in [3.8, 4) is 5.69 Å². The number of hydrazone groups is 1. The number of aromatic nitrogens is 2. The van der Waals surface area contributed by atoms with Crippen LogP contribution in [0, 0.1) is 0 Å². The van der Waals surface area contributed by atoms with Crippen LogP contribution in [0.15, 0.2) is 70.5 Å². The molecule has 1 aromatic heterocycles. The van der Waals surface area contributed by atoms with E-state index in [-0.39, 0.29) is 5.91 Å². The average molecular weight is 412 g/mol. The first-order valence-electron chi connectivity index (χ1n) is 7.94. The summed E-state index contributed by atoms with van der Waals surface area (Å²) < 4.78 is 2.63. The van der Waals surface area contributed by atoms with Crippen molar-refractivity contribution in [2.45, 2.75) is 0 Å². The normalized spacial score (nSPS) is 10.9. The predicted molar refractivity (Wildman–Crippen MR) is 107 cm³/mol.